The number of hydrogen-bond donors (Lipinski definition) is 1. The average molecular weight is 312 g/mol. The topological polar surface area (TPSA) is 24.9 Å². The first-order chi connectivity index (χ1) is 8.06. The molecule has 1 N–H and O–H groups in total. The monoisotopic (exact) mass is 310 g/mol. The molecule has 2 nitrogen and oxygen atoms in total. The Morgan fingerprint density at radius 1 is 1.24 bits per heavy atom. The molecule has 0 bridgehead atoms. The average Bonchev–Trinajstić information content (AvgIpc) is 2.68. The van der Waals surface area contributed by atoms with Gasteiger partial charge in [0.1, 0.15) is 5.82 Å². The van der Waals surface area contributed by atoms with Crippen LogP contribution in [0, 0.1) is 5.82 Å². The number of anilines is 1. The van der Waals surface area contributed by atoms with E-state index in [2.05, 4.69) is 10.3 Å². The van der Waals surface area contributed by atoms with E-state index in [1.54, 1.807) is 6.20 Å². The van der Waals surface area contributed by atoms with Crippen LogP contribution in [0.2, 0.25) is 14.5 Å². The number of thiazole rings is 1. The number of halogens is 4. The zero-order chi connectivity index (χ0) is 12.4. The van der Waals surface area contributed by atoms with Gasteiger partial charge in [-0.25, -0.2) is 9.37 Å². The molecule has 2 rings (SSSR count). The summed E-state index contributed by atoms with van der Waals surface area (Å²) in [5.74, 6) is -0.513. The van der Waals surface area contributed by atoms with Gasteiger partial charge in [-0.15, -0.1) is 11.3 Å². The summed E-state index contributed by atoms with van der Waals surface area (Å²) >= 11 is 18.6. The van der Waals surface area contributed by atoms with Gasteiger partial charge in [0.15, 0.2) is 4.47 Å². The minimum Gasteiger partial charge on any atom is -0.379 e. The van der Waals surface area contributed by atoms with Crippen LogP contribution >= 0.6 is 46.1 Å². The largest absolute Gasteiger partial charge is 0.379 e. The first-order valence-corrected chi connectivity index (χ1v) is 6.50. The van der Waals surface area contributed by atoms with Crippen LogP contribution in [0.4, 0.5) is 10.1 Å². The SMILES string of the molecule is Fc1cc(NCc2cnc(Cl)s2)c(Cl)cc1Cl. The second-order valence-electron chi connectivity index (χ2n) is 3.18. The summed E-state index contributed by atoms with van der Waals surface area (Å²) in [4.78, 5) is 4.83. The predicted molar refractivity (Wildman–Crippen MR) is 70.9 cm³/mol. The molecule has 1 aromatic carbocycles. The molecule has 90 valence electrons. The highest BCUT2D eigenvalue weighted by atomic mass is 35.5. The molecule has 0 amide bonds. The van der Waals surface area contributed by atoms with Gasteiger partial charge >= 0.3 is 0 Å². The summed E-state index contributed by atoms with van der Waals surface area (Å²) < 4.78 is 13.7. The lowest BCUT2D eigenvalue weighted by Gasteiger charge is -2.07. The standard InChI is InChI=1S/C10H6Cl3FN2S/c11-6-1-7(12)9(2-8(6)14)15-3-5-4-16-10(13)17-5/h1-2,4,15H,3H2. The van der Waals surface area contributed by atoms with Crippen molar-refractivity contribution in [3.8, 4) is 0 Å². The molecule has 7 heteroatoms. The van der Waals surface area contributed by atoms with Crippen LogP contribution < -0.4 is 5.32 Å². The van der Waals surface area contributed by atoms with Crippen LogP contribution in [0.25, 0.3) is 0 Å². The van der Waals surface area contributed by atoms with E-state index in [1.807, 2.05) is 0 Å². The second-order valence-corrected chi connectivity index (χ2v) is 5.69. The number of hydrogen-bond acceptors (Lipinski definition) is 3. The van der Waals surface area contributed by atoms with Gasteiger partial charge in [0.05, 0.1) is 22.3 Å². The predicted octanol–water partition coefficient (Wildman–Crippen LogP) is 4.85. The van der Waals surface area contributed by atoms with Gasteiger partial charge in [-0.05, 0) is 6.07 Å². The van der Waals surface area contributed by atoms with E-state index < -0.39 is 5.82 Å². The Bertz CT molecular complexity index is 544. The Hall–Kier alpha value is -0.550. The molecule has 0 unspecified atom stereocenters. The van der Waals surface area contributed by atoms with Crippen molar-refractivity contribution in [1.82, 2.24) is 4.98 Å². The van der Waals surface area contributed by atoms with Crippen LogP contribution in [0.5, 0.6) is 0 Å². The van der Waals surface area contributed by atoms with Gasteiger partial charge in [-0.3, -0.25) is 0 Å². The van der Waals surface area contributed by atoms with E-state index in [0.29, 0.717) is 21.7 Å². The van der Waals surface area contributed by atoms with E-state index in [1.165, 1.54) is 23.5 Å². The van der Waals surface area contributed by atoms with Crippen LogP contribution in [0.15, 0.2) is 18.3 Å². The lowest BCUT2D eigenvalue weighted by atomic mass is 10.3. The quantitative estimate of drug-likeness (QED) is 0.819. The van der Waals surface area contributed by atoms with E-state index in [4.69, 9.17) is 34.8 Å². The summed E-state index contributed by atoms with van der Waals surface area (Å²) in [6.45, 7) is 0.477. The van der Waals surface area contributed by atoms with Gasteiger partial charge in [0.25, 0.3) is 0 Å². The maximum Gasteiger partial charge on any atom is 0.183 e. The highest BCUT2D eigenvalue weighted by Gasteiger charge is 2.07. The number of rotatable bonds is 3. The molecule has 0 saturated carbocycles. The number of nitrogens with one attached hydrogen (secondary N) is 1. The third-order valence-corrected chi connectivity index (χ3v) is 3.71. The first kappa shape index (κ1) is 12.9. The van der Waals surface area contributed by atoms with Crippen molar-refractivity contribution in [2.75, 3.05) is 5.32 Å². The van der Waals surface area contributed by atoms with Gasteiger partial charge < -0.3 is 5.32 Å². The van der Waals surface area contributed by atoms with Crippen LogP contribution in [-0.4, -0.2) is 4.98 Å². The minimum absolute atomic E-state index is 0.00128. The van der Waals surface area contributed by atoms with E-state index in [9.17, 15) is 4.39 Å². The maximum atomic E-state index is 13.2. The van der Waals surface area contributed by atoms with Gasteiger partial charge in [-0.1, -0.05) is 34.8 Å². The molecule has 0 aliphatic carbocycles. The fraction of sp³-hybridized carbons (Fsp3) is 0.100. The number of aromatic nitrogens is 1. The summed E-state index contributed by atoms with van der Waals surface area (Å²) in [6.07, 6.45) is 1.65. The normalized spacial score (nSPS) is 10.6. The molecule has 1 aromatic heterocycles. The molecule has 17 heavy (non-hydrogen) atoms. The van der Waals surface area contributed by atoms with E-state index in [-0.39, 0.29) is 5.02 Å². The van der Waals surface area contributed by atoms with Crippen molar-refractivity contribution in [2.45, 2.75) is 6.54 Å². The lowest BCUT2D eigenvalue weighted by Crippen LogP contribution is -1.98. The number of benzene rings is 1. The molecule has 0 spiro atoms. The van der Waals surface area contributed by atoms with Crippen LogP contribution in [0.1, 0.15) is 4.88 Å². The zero-order valence-corrected chi connectivity index (χ0v) is 11.4. The van der Waals surface area contributed by atoms with Crippen molar-refractivity contribution in [3.63, 3.8) is 0 Å². The molecule has 0 radical (unpaired) electrons. The third kappa shape index (κ3) is 3.22. The minimum atomic E-state index is -0.513. The van der Waals surface area contributed by atoms with E-state index >= 15 is 0 Å². The second kappa shape index (κ2) is 5.40. The molecule has 1 heterocycles. The summed E-state index contributed by atoms with van der Waals surface area (Å²) in [7, 11) is 0. The summed E-state index contributed by atoms with van der Waals surface area (Å²) in [5.41, 5.74) is 0.484. The highest BCUT2D eigenvalue weighted by Crippen LogP contribution is 2.29. The van der Waals surface area contributed by atoms with Crippen molar-refractivity contribution in [2.24, 2.45) is 0 Å². The molecule has 0 aliphatic heterocycles. The van der Waals surface area contributed by atoms with Crippen molar-refractivity contribution >= 4 is 51.8 Å². The van der Waals surface area contributed by atoms with E-state index in [0.717, 1.165) is 4.88 Å². The molecule has 0 fully saturated rings. The smallest absolute Gasteiger partial charge is 0.183 e. The Balaban J connectivity index is 2.11. The van der Waals surface area contributed by atoms with Crippen molar-refractivity contribution in [3.05, 3.63) is 43.5 Å². The van der Waals surface area contributed by atoms with Gasteiger partial charge in [0, 0.05) is 17.1 Å². The van der Waals surface area contributed by atoms with Crippen LogP contribution in [0.3, 0.4) is 0 Å². The molecular weight excluding hydrogens is 306 g/mol. The summed E-state index contributed by atoms with van der Waals surface area (Å²) in [6, 6.07) is 2.62. The Morgan fingerprint density at radius 2 is 2.00 bits per heavy atom. The zero-order valence-electron chi connectivity index (χ0n) is 8.31. The maximum absolute atomic E-state index is 13.2. The number of nitrogens with zero attached hydrogens (tertiary/aromatic N) is 1. The molecule has 0 aliphatic rings. The Kier molecular flexibility index (Phi) is 4.09. The Morgan fingerprint density at radius 3 is 2.65 bits per heavy atom. The Labute approximate surface area is 116 Å². The van der Waals surface area contributed by atoms with Crippen LogP contribution in [-0.2, 0) is 6.54 Å². The first-order valence-electron chi connectivity index (χ1n) is 4.55. The third-order valence-electron chi connectivity index (χ3n) is 1.99. The van der Waals surface area contributed by atoms with Gasteiger partial charge in [0.2, 0.25) is 0 Å². The highest BCUT2D eigenvalue weighted by molar-refractivity contribution is 7.15. The fourth-order valence-electron chi connectivity index (χ4n) is 1.21. The van der Waals surface area contributed by atoms with Crippen molar-refractivity contribution in [1.29, 1.82) is 0 Å². The van der Waals surface area contributed by atoms with Crippen molar-refractivity contribution < 1.29 is 4.39 Å². The summed E-state index contributed by atoms with van der Waals surface area (Å²) in [5, 5.41) is 3.36. The lowest BCUT2D eigenvalue weighted by molar-refractivity contribution is 0.628. The van der Waals surface area contributed by atoms with Gasteiger partial charge in [-0.2, -0.15) is 0 Å². The molecule has 0 saturated heterocycles. The fourth-order valence-corrected chi connectivity index (χ4v) is 2.57. The molecular formula is C10H6Cl3FN2S. The molecule has 2 aromatic rings. The molecule has 0 atom stereocenters.